The predicted molar refractivity (Wildman–Crippen MR) is 308 cm³/mol. The van der Waals surface area contributed by atoms with Crippen molar-refractivity contribution in [3.63, 3.8) is 0 Å². The maximum atomic E-state index is 5.70. The molecule has 4 aliphatic rings. The Hall–Kier alpha value is -8.61. The van der Waals surface area contributed by atoms with Crippen molar-refractivity contribution in [3.05, 3.63) is 214 Å². The highest BCUT2D eigenvalue weighted by molar-refractivity contribution is 6.16. The van der Waals surface area contributed by atoms with Crippen LogP contribution in [-0.4, -0.2) is 28.7 Å². The zero-order valence-corrected chi connectivity index (χ0v) is 43.3. The van der Waals surface area contributed by atoms with Crippen LogP contribution in [0.2, 0.25) is 0 Å². The molecule has 6 nitrogen and oxygen atoms in total. The summed E-state index contributed by atoms with van der Waals surface area (Å²) < 4.78 is 7.56. The molecule has 0 saturated heterocycles. The van der Waals surface area contributed by atoms with Gasteiger partial charge in [0.1, 0.15) is 0 Å². The number of rotatable bonds is 3. The summed E-state index contributed by atoms with van der Waals surface area (Å²) in [5.41, 5.74) is 23.6. The van der Waals surface area contributed by atoms with Crippen LogP contribution in [0, 0.1) is 0 Å². The predicted octanol–water partition coefficient (Wildman–Crippen LogP) is 16.7. The normalized spacial score (nSPS) is 16.4. The molecule has 4 aromatic heterocycles. The summed E-state index contributed by atoms with van der Waals surface area (Å²) in [7, 11) is 0. The van der Waals surface area contributed by atoms with Gasteiger partial charge in [0, 0.05) is 70.7 Å². The van der Waals surface area contributed by atoms with E-state index in [1.54, 1.807) is 0 Å². The van der Waals surface area contributed by atoms with E-state index < -0.39 is 0 Å². The van der Waals surface area contributed by atoms with Crippen LogP contribution in [-0.2, 0) is 21.7 Å². The standard InChI is InChI=1S/C69H52N6/c1-66(2)46-22-11-15-29-56(46)73-54-27-13-9-19-40(54)43-31-37(34-51(66)59(43)73)63-70-64(38-32-44-41-20-10-14-28-55(41)74-57-30-16-12-23-47(57)67(3,4)52(35-38)60(44)74)72-65(71-63)39-33-45-42-21-17-24-48-58(42)75-61(45)53(36-39)69(7,8)50-26-18-25-49(62(50)75)68(48,5)6/h9-36H,1-8H3. The van der Waals surface area contributed by atoms with E-state index in [4.69, 9.17) is 15.0 Å². The van der Waals surface area contributed by atoms with Crippen LogP contribution in [0.1, 0.15) is 99.9 Å². The number of para-hydroxylation sites is 6. The summed E-state index contributed by atoms with van der Waals surface area (Å²) in [6.07, 6.45) is 0. The van der Waals surface area contributed by atoms with Crippen molar-refractivity contribution in [1.29, 1.82) is 0 Å². The molecule has 0 bridgehead atoms. The third-order valence-corrected chi connectivity index (χ3v) is 18.8. The Labute approximate surface area is 434 Å². The van der Waals surface area contributed by atoms with E-state index in [0.717, 1.165) is 16.7 Å². The molecule has 0 spiro atoms. The molecule has 358 valence electrons. The maximum Gasteiger partial charge on any atom is 0.164 e. The number of aromatic nitrogens is 6. The minimum Gasteiger partial charge on any atom is -0.309 e. The lowest BCUT2D eigenvalue weighted by atomic mass is 9.68. The lowest BCUT2D eigenvalue weighted by Crippen LogP contribution is -2.33. The fraction of sp³-hybridized carbons (Fsp3) is 0.174. The lowest BCUT2D eigenvalue weighted by molar-refractivity contribution is 0.593. The molecule has 6 heteroatoms. The van der Waals surface area contributed by atoms with E-state index in [1.807, 2.05) is 0 Å². The first-order valence-corrected chi connectivity index (χ1v) is 26.6. The van der Waals surface area contributed by atoms with E-state index in [9.17, 15) is 0 Å². The topological polar surface area (TPSA) is 53.5 Å². The average molecular weight is 965 g/mol. The fourth-order valence-electron chi connectivity index (χ4n) is 15.0. The molecular weight excluding hydrogens is 913 g/mol. The van der Waals surface area contributed by atoms with Crippen LogP contribution >= 0.6 is 0 Å². The Bertz CT molecular complexity index is 4630. The van der Waals surface area contributed by atoms with Crippen molar-refractivity contribution in [2.45, 2.75) is 77.0 Å². The highest BCUT2D eigenvalue weighted by atomic mass is 15.1. The first-order chi connectivity index (χ1) is 36.2. The van der Waals surface area contributed by atoms with E-state index in [1.165, 1.54) is 127 Å². The quantitative estimate of drug-likeness (QED) is 0.177. The second-order valence-corrected chi connectivity index (χ2v) is 24.0. The van der Waals surface area contributed by atoms with Gasteiger partial charge >= 0.3 is 0 Å². The van der Waals surface area contributed by atoms with Gasteiger partial charge in [-0.1, -0.05) is 165 Å². The molecule has 13 aromatic rings. The first kappa shape index (κ1) is 41.8. The maximum absolute atomic E-state index is 5.70. The van der Waals surface area contributed by atoms with Crippen molar-refractivity contribution in [2.75, 3.05) is 0 Å². The highest BCUT2D eigenvalue weighted by Gasteiger charge is 2.44. The molecule has 0 fully saturated rings. The number of nitrogens with zero attached hydrogens (tertiary/aromatic N) is 6. The zero-order chi connectivity index (χ0) is 50.4. The second-order valence-electron chi connectivity index (χ2n) is 24.0. The molecule has 8 heterocycles. The van der Waals surface area contributed by atoms with Gasteiger partial charge in [0.05, 0.1) is 50.2 Å². The van der Waals surface area contributed by atoms with Crippen molar-refractivity contribution >= 4 is 65.4 Å². The smallest absolute Gasteiger partial charge is 0.164 e. The molecule has 0 amide bonds. The number of hydrogen-bond acceptors (Lipinski definition) is 3. The van der Waals surface area contributed by atoms with Gasteiger partial charge in [0.15, 0.2) is 17.5 Å². The number of benzene rings is 9. The molecule has 0 unspecified atom stereocenters. The molecule has 0 saturated carbocycles. The van der Waals surface area contributed by atoms with Crippen molar-refractivity contribution in [1.82, 2.24) is 28.7 Å². The third-order valence-electron chi connectivity index (χ3n) is 18.8. The van der Waals surface area contributed by atoms with Crippen LogP contribution in [0.15, 0.2) is 170 Å². The van der Waals surface area contributed by atoms with Crippen LogP contribution in [0.3, 0.4) is 0 Å². The fourth-order valence-corrected chi connectivity index (χ4v) is 15.0. The highest BCUT2D eigenvalue weighted by Crippen LogP contribution is 2.57. The molecule has 0 radical (unpaired) electrons. The molecule has 0 N–H and O–H groups in total. The Morgan fingerprint density at radius 1 is 0.280 bits per heavy atom. The van der Waals surface area contributed by atoms with E-state index in [-0.39, 0.29) is 21.7 Å². The Balaban J connectivity index is 0.986. The van der Waals surface area contributed by atoms with Gasteiger partial charge in [-0.3, -0.25) is 0 Å². The largest absolute Gasteiger partial charge is 0.309 e. The molecular formula is C69H52N6. The molecule has 4 aliphatic heterocycles. The monoisotopic (exact) mass is 964 g/mol. The summed E-state index contributed by atoms with van der Waals surface area (Å²) in [4.78, 5) is 17.1. The summed E-state index contributed by atoms with van der Waals surface area (Å²) in [5, 5.41) is 7.32. The van der Waals surface area contributed by atoms with Gasteiger partial charge in [-0.15, -0.1) is 0 Å². The summed E-state index contributed by atoms with van der Waals surface area (Å²) in [6, 6.07) is 63.7. The van der Waals surface area contributed by atoms with Crippen molar-refractivity contribution in [2.24, 2.45) is 0 Å². The van der Waals surface area contributed by atoms with Gasteiger partial charge < -0.3 is 13.7 Å². The summed E-state index contributed by atoms with van der Waals surface area (Å²) in [5.74, 6) is 1.98. The van der Waals surface area contributed by atoms with Crippen LogP contribution in [0.5, 0.6) is 0 Å². The van der Waals surface area contributed by atoms with E-state index >= 15 is 0 Å². The van der Waals surface area contributed by atoms with E-state index in [2.05, 4.69) is 239 Å². The second kappa shape index (κ2) is 13.4. The Kier molecular flexibility index (Phi) is 7.46. The minimum atomic E-state index is -0.316. The van der Waals surface area contributed by atoms with Crippen LogP contribution < -0.4 is 0 Å². The van der Waals surface area contributed by atoms with Gasteiger partial charge in [-0.05, 0) is 105 Å². The van der Waals surface area contributed by atoms with Crippen molar-refractivity contribution in [3.8, 4) is 51.2 Å². The van der Waals surface area contributed by atoms with Crippen LogP contribution in [0.4, 0.5) is 0 Å². The van der Waals surface area contributed by atoms with Gasteiger partial charge in [-0.25, -0.2) is 15.0 Å². The molecule has 0 aliphatic carbocycles. The Morgan fingerprint density at radius 2 is 0.613 bits per heavy atom. The lowest BCUT2D eigenvalue weighted by Gasteiger charge is -2.42. The molecule has 9 aromatic carbocycles. The summed E-state index contributed by atoms with van der Waals surface area (Å²) in [6.45, 7) is 19.1. The zero-order valence-electron chi connectivity index (χ0n) is 43.3. The molecule has 0 atom stereocenters. The SMILES string of the molecule is CC1(C)c2ccccc2-n2c3ccccc3c3cc(-c4nc(-c5cc6c7c(c5)c5ccccc5n7-c5ccccc5C6(C)C)nc(-c5cc6c7c(c5)c5cccc8c5n7-c5c(cccc5C6(C)C)C8(C)C)n4)cc1c32. The average Bonchev–Trinajstić information content (AvgIpc) is 4.31. The van der Waals surface area contributed by atoms with E-state index in [0.29, 0.717) is 17.5 Å². The van der Waals surface area contributed by atoms with Gasteiger partial charge in [0.25, 0.3) is 0 Å². The minimum absolute atomic E-state index is 0.170. The van der Waals surface area contributed by atoms with Crippen LogP contribution in [0.25, 0.3) is 117 Å². The third kappa shape index (κ3) is 4.91. The van der Waals surface area contributed by atoms with Gasteiger partial charge in [-0.2, -0.15) is 0 Å². The molecule has 75 heavy (non-hydrogen) atoms. The van der Waals surface area contributed by atoms with Gasteiger partial charge in [0.2, 0.25) is 0 Å². The number of hydrogen-bond donors (Lipinski definition) is 0. The van der Waals surface area contributed by atoms with Crippen molar-refractivity contribution < 1.29 is 0 Å². The summed E-state index contributed by atoms with van der Waals surface area (Å²) >= 11 is 0. The first-order valence-electron chi connectivity index (χ1n) is 26.6. The Morgan fingerprint density at radius 3 is 1.11 bits per heavy atom. The molecule has 17 rings (SSSR count). The number of fused-ring (bicyclic) bond motifs is 11.